The SMILES string of the molecule is Oc1cccc(-c2cc3cc4nc(cc5ccc(cc6nc(cc2[nH]3)C=C6)[nH]5)C=C4)c1. The van der Waals surface area contributed by atoms with Crippen LogP contribution in [0.4, 0.5) is 0 Å². The van der Waals surface area contributed by atoms with Crippen molar-refractivity contribution in [3.05, 3.63) is 89.5 Å². The van der Waals surface area contributed by atoms with Gasteiger partial charge in [0, 0.05) is 27.6 Å². The number of nitrogens with one attached hydrogen (secondary N) is 2. The topological polar surface area (TPSA) is 77.6 Å². The van der Waals surface area contributed by atoms with E-state index in [-0.39, 0.29) is 5.75 Å². The molecule has 0 spiro atoms. The molecule has 0 fully saturated rings. The second-order valence-electron chi connectivity index (χ2n) is 7.64. The predicted molar refractivity (Wildman–Crippen MR) is 126 cm³/mol. The first-order valence-electron chi connectivity index (χ1n) is 10.1. The van der Waals surface area contributed by atoms with Crippen LogP contribution in [0.25, 0.3) is 57.5 Å². The molecule has 8 bridgehead atoms. The van der Waals surface area contributed by atoms with Gasteiger partial charge in [-0.3, -0.25) is 0 Å². The summed E-state index contributed by atoms with van der Waals surface area (Å²) in [5.74, 6) is 0.236. The molecule has 4 aromatic rings. The number of aromatic hydroxyl groups is 1. The molecule has 1 aromatic carbocycles. The zero-order valence-electron chi connectivity index (χ0n) is 16.5. The monoisotopic (exact) mass is 402 g/mol. The largest absolute Gasteiger partial charge is 0.508 e. The molecule has 0 unspecified atom stereocenters. The van der Waals surface area contributed by atoms with Crippen molar-refractivity contribution in [3.8, 4) is 16.9 Å². The molecule has 5 nitrogen and oxygen atoms in total. The summed E-state index contributed by atoms with van der Waals surface area (Å²) >= 11 is 0. The lowest BCUT2D eigenvalue weighted by Crippen LogP contribution is -1.77. The number of phenols is 1. The van der Waals surface area contributed by atoms with Crippen molar-refractivity contribution in [2.45, 2.75) is 0 Å². The van der Waals surface area contributed by atoms with E-state index in [4.69, 9.17) is 9.97 Å². The molecule has 5 heterocycles. The van der Waals surface area contributed by atoms with Gasteiger partial charge < -0.3 is 15.1 Å². The molecule has 0 radical (unpaired) electrons. The van der Waals surface area contributed by atoms with Crippen LogP contribution in [0.1, 0.15) is 22.8 Å². The van der Waals surface area contributed by atoms with Gasteiger partial charge in [-0.05, 0) is 84.5 Å². The minimum atomic E-state index is 0.236. The molecule has 6 rings (SSSR count). The van der Waals surface area contributed by atoms with Crippen LogP contribution in [0.15, 0.2) is 66.7 Å². The van der Waals surface area contributed by atoms with Crippen LogP contribution in [0.2, 0.25) is 0 Å². The van der Waals surface area contributed by atoms with Crippen LogP contribution < -0.4 is 0 Å². The average Bonchev–Trinajstić information content (AvgIpc) is 3.53. The molecule has 5 heteroatoms. The highest BCUT2D eigenvalue weighted by Gasteiger charge is 2.07. The van der Waals surface area contributed by atoms with E-state index < -0.39 is 0 Å². The fourth-order valence-corrected chi connectivity index (χ4v) is 3.93. The minimum Gasteiger partial charge on any atom is -0.508 e. The maximum Gasteiger partial charge on any atom is 0.116 e. The van der Waals surface area contributed by atoms with E-state index in [1.54, 1.807) is 12.1 Å². The molecule has 0 saturated heterocycles. The maximum atomic E-state index is 9.97. The van der Waals surface area contributed by atoms with Crippen molar-refractivity contribution in [1.29, 1.82) is 0 Å². The van der Waals surface area contributed by atoms with Crippen LogP contribution >= 0.6 is 0 Å². The molecule has 0 amide bonds. The van der Waals surface area contributed by atoms with E-state index in [2.05, 4.69) is 16.0 Å². The van der Waals surface area contributed by atoms with Gasteiger partial charge in [0.05, 0.1) is 22.8 Å². The lowest BCUT2D eigenvalue weighted by Gasteiger charge is -1.99. The number of aromatic nitrogens is 4. The Morgan fingerprint density at radius 1 is 0.581 bits per heavy atom. The number of phenolic OH excluding ortho intramolecular Hbond substituents is 1. The molecule has 31 heavy (non-hydrogen) atoms. The number of H-pyrrole nitrogens is 2. The van der Waals surface area contributed by atoms with Crippen molar-refractivity contribution in [1.82, 2.24) is 19.9 Å². The van der Waals surface area contributed by atoms with Crippen molar-refractivity contribution in [2.24, 2.45) is 0 Å². The summed E-state index contributed by atoms with van der Waals surface area (Å²) in [6, 6.07) is 21.5. The Bertz CT molecular complexity index is 1550. The van der Waals surface area contributed by atoms with Crippen molar-refractivity contribution < 1.29 is 5.11 Å². The number of fused-ring (bicyclic) bond motifs is 8. The summed E-state index contributed by atoms with van der Waals surface area (Å²) in [5, 5.41) is 9.97. The highest BCUT2D eigenvalue weighted by Crippen LogP contribution is 2.29. The third kappa shape index (κ3) is 3.42. The van der Waals surface area contributed by atoms with Crippen LogP contribution in [0.5, 0.6) is 5.75 Å². The minimum absolute atomic E-state index is 0.236. The first-order chi connectivity index (χ1) is 15.2. The number of hydrogen-bond donors (Lipinski definition) is 3. The molecule has 0 aliphatic carbocycles. The summed E-state index contributed by atoms with van der Waals surface area (Å²) in [7, 11) is 0. The van der Waals surface area contributed by atoms with Gasteiger partial charge in [-0.25, -0.2) is 9.97 Å². The van der Waals surface area contributed by atoms with Crippen LogP contribution in [-0.4, -0.2) is 25.0 Å². The molecule has 3 aromatic heterocycles. The number of aromatic amines is 2. The molecule has 148 valence electrons. The van der Waals surface area contributed by atoms with Gasteiger partial charge in [-0.1, -0.05) is 12.1 Å². The molecule has 0 atom stereocenters. The summed E-state index contributed by atoms with van der Waals surface area (Å²) in [6.45, 7) is 0. The fourth-order valence-electron chi connectivity index (χ4n) is 3.93. The summed E-state index contributed by atoms with van der Waals surface area (Å²) in [6.07, 6.45) is 8.01. The Kier molecular flexibility index (Phi) is 3.86. The number of rotatable bonds is 1. The second kappa shape index (κ2) is 6.85. The van der Waals surface area contributed by atoms with Crippen molar-refractivity contribution in [2.75, 3.05) is 0 Å². The van der Waals surface area contributed by atoms with Gasteiger partial charge in [0.1, 0.15) is 5.75 Å². The van der Waals surface area contributed by atoms with Gasteiger partial charge in [0.25, 0.3) is 0 Å². The third-order valence-electron chi connectivity index (χ3n) is 5.33. The van der Waals surface area contributed by atoms with E-state index in [0.29, 0.717) is 0 Å². The normalized spacial score (nSPS) is 12.4. The first-order valence-corrected chi connectivity index (χ1v) is 10.1. The number of benzene rings is 1. The van der Waals surface area contributed by atoms with Gasteiger partial charge in [-0.15, -0.1) is 0 Å². The van der Waals surface area contributed by atoms with Gasteiger partial charge in [0.2, 0.25) is 0 Å². The molecule has 0 saturated carbocycles. The quantitative estimate of drug-likeness (QED) is 0.314. The Balaban J connectivity index is 1.68. The van der Waals surface area contributed by atoms with E-state index >= 15 is 0 Å². The zero-order chi connectivity index (χ0) is 20.8. The standard InChI is InChI=1S/C26H18N4O/c31-24-3-1-2-16(10-24)25-14-23-13-21-7-6-19(28-21)11-17-4-5-18(27-17)12-20-8-9-22(29-20)15-26(25)30-23/h1-15,27,30-31H. The summed E-state index contributed by atoms with van der Waals surface area (Å²) in [5.41, 5.74) is 9.29. The average molecular weight is 402 g/mol. The Morgan fingerprint density at radius 2 is 1.19 bits per heavy atom. The highest BCUT2D eigenvalue weighted by molar-refractivity contribution is 5.88. The molecule has 3 N–H and O–H groups in total. The Labute approximate surface area is 178 Å². The predicted octanol–water partition coefficient (Wildman–Crippen LogP) is 6.03. The molecular weight excluding hydrogens is 384 g/mol. The summed E-state index contributed by atoms with van der Waals surface area (Å²) < 4.78 is 0. The van der Waals surface area contributed by atoms with E-state index in [1.807, 2.05) is 72.8 Å². The van der Waals surface area contributed by atoms with E-state index in [1.165, 1.54) is 0 Å². The lowest BCUT2D eigenvalue weighted by molar-refractivity contribution is 0.475. The van der Waals surface area contributed by atoms with Crippen molar-refractivity contribution >= 4 is 46.4 Å². The Hall–Kier alpha value is -4.38. The Morgan fingerprint density at radius 3 is 1.84 bits per heavy atom. The third-order valence-corrected chi connectivity index (χ3v) is 5.33. The first kappa shape index (κ1) is 17.5. The van der Waals surface area contributed by atoms with Crippen LogP contribution in [0, 0.1) is 0 Å². The smallest absolute Gasteiger partial charge is 0.116 e. The molecule has 2 aliphatic rings. The maximum absolute atomic E-state index is 9.97. The van der Waals surface area contributed by atoms with Gasteiger partial charge >= 0.3 is 0 Å². The van der Waals surface area contributed by atoms with Gasteiger partial charge in [-0.2, -0.15) is 0 Å². The lowest BCUT2D eigenvalue weighted by atomic mass is 10.1. The van der Waals surface area contributed by atoms with Crippen LogP contribution in [-0.2, 0) is 0 Å². The fraction of sp³-hybridized carbons (Fsp3) is 0. The number of hydrogen-bond acceptors (Lipinski definition) is 3. The van der Waals surface area contributed by atoms with Crippen LogP contribution in [0.3, 0.4) is 0 Å². The van der Waals surface area contributed by atoms with E-state index in [9.17, 15) is 5.11 Å². The van der Waals surface area contributed by atoms with E-state index in [0.717, 1.165) is 56.0 Å². The van der Waals surface area contributed by atoms with Gasteiger partial charge in [0.15, 0.2) is 0 Å². The zero-order valence-corrected chi connectivity index (χ0v) is 16.5. The molecular formula is C26H18N4O. The summed E-state index contributed by atoms with van der Waals surface area (Å²) in [4.78, 5) is 16.3. The number of nitrogens with zero attached hydrogens (tertiary/aromatic N) is 2. The second-order valence-corrected chi connectivity index (χ2v) is 7.64. The van der Waals surface area contributed by atoms with Crippen molar-refractivity contribution in [3.63, 3.8) is 0 Å². The highest BCUT2D eigenvalue weighted by atomic mass is 16.3. The molecule has 2 aliphatic heterocycles.